The smallest absolute Gasteiger partial charge is 0.317 e. The maximum atomic E-state index is 11.2. The van der Waals surface area contributed by atoms with Crippen LogP contribution in [0.15, 0.2) is 41.4 Å². The van der Waals surface area contributed by atoms with Crippen molar-refractivity contribution in [3.8, 4) is 17.1 Å². The summed E-state index contributed by atoms with van der Waals surface area (Å²) in [5, 5.41) is 22.1. The number of fused-ring (bicyclic) bond motifs is 1. The van der Waals surface area contributed by atoms with Crippen molar-refractivity contribution in [3.63, 3.8) is 0 Å². The summed E-state index contributed by atoms with van der Waals surface area (Å²) in [7, 11) is 0. The number of thioether (sulfide) groups is 1. The lowest BCUT2D eigenvalue weighted by molar-refractivity contribution is -0.136. The molecule has 1 atom stereocenters. The van der Waals surface area contributed by atoms with Gasteiger partial charge in [-0.15, -0.1) is 10.2 Å². The standard InChI is InChI=1S/C17H18N4O3S/c1-3-13(17(22)23)25-15-10-9-14-18-19-16(21(14)20-15)11-5-7-12(8-6-11)24-4-2/h5-10,13H,3-4H2,1-2H3,(H,22,23). The van der Waals surface area contributed by atoms with Crippen LogP contribution in [0.1, 0.15) is 20.3 Å². The highest BCUT2D eigenvalue weighted by atomic mass is 32.2. The summed E-state index contributed by atoms with van der Waals surface area (Å²) in [6.07, 6.45) is 0.521. The van der Waals surface area contributed by atoms with E-state index < -0.39 is 11.2 Å². The van der Waals surface area contributed by atoms with E-state index >= 15 is 0 Å². The molecule has 7 nitrogen and oxygen atoms in total. The average Bonchev–Trinajstić information content (AvgIpc) is 3.03. The van der Waals surface area contributed by atoms with Crippen LogP contribution in [0.5, 0.6) is 5.75 Å². The third kappa shape index (κ3) is 3.74. The van der Waals surface area contributed by atoms with Crippen molar-refractivity contribution >= 4 is 23.4 Å². The normalized spacial score (nSPS) is 12.2. The molecule has 8 heteroatoms. The Morgan fingerprint density at radius 3 is 2.60 bits per heavy atom. The van der Waals surface area contributed by atoms with E-state index in [9.17, 15) is 9.90 Å². The average molecular weight is 358 g/mol. The Labute approximate surface area is 149 Å². The Kier molecular flexibility index (Phi) is 5.18. The number of rotatable bonds is 7. The zero-order chi connectivity index (χ0) is 17.8. The van der Waals surface area contributed by atoms with Gasteiger partial charge in [-0.05, 0) is 49.7 Å². The van der Waals surface area contributed by atoms with Gasteiger partial charge in [0.1, 0.15) is 16.0 Å². The number of nitrogens with zero attached hydrogens (tertiary/aromatic N) is 4. The van der Waals surface area contributed by atoms with E-state index in [4.69, 9.17) is 4.74 Å². The number of carbonyl (C=O) groups is 1. The van der Waals surface area contributed by atoms with Crippen molar-refractivity contribution in [2.24, 2.45) is 0 Å². The van der Waals surface area contributed by atoms with Crippen LogP contribution < -0.4 is 4.74 Å². The molecule has 2 aromatic heterocycles. The predicted molar refractivity (Wildman–Crippen MR) is 95.0 cm³/mol. The monoisotopic (exact) mass is 358 g/mol. The van der Waals surface area contributed by atoms with Gasteiger partial charge in [-0.25, -0.2) is 0 Å². The molecule has 0 saturated carbocycles. The summed E-state index contributed by atoms with van der Waals surface area (Å²) in [4.78, 5) is 11.2. The lowest BCUT2D eigenvalue weighted by atomic mass is 10.2. The van der Waals surface area contributed by atoms with Crippen LogP contribution in [-0.2, 0) is 4.79 Å². The minimum atomic E-state index is -0.843. The molecule has 0 aliphatic carbocycles. The van der Waals surface area contributed by atoms with Crippen LogP contribution in [0.3, 0.4) is 0 Å². The molecule has 0 bridgehead atoms. The molecule has 0 amide bonds. The van der Waals surface area contributed by atoms with Gasteiger partial charge in [0, 0.05) is 5.56 Å². The second-order valence-corrected chi connectivity index (χ2v) is 6.50. The third-order valence-electron chi connectivity index (χ3n) is 3.57. The SMILES string of the molecule is CCOc1ccc(-c2nnc3ccc(SC(CC)C(=O)O)nn23)cc1. The van der Waals surface area contributed by atoms with Gasteiger partial charge in [0.25, 0.3) is 0 Å². The molecule has 3 rings (SSSR count). The van der Waals surface area contributed by atoms with Gasteiger partial charge in [-0.2, -0.15) is 9.61 Å². The van der Waals surface area contributed by atoms with Crippen molar-refractivity contribution in [1.82, 2.24) is 19.8 Å². The van der Waals surface area contributed by atoms with Gasteiger partial charge < -0.3 is 9.84 Å². The highest BCUT2D eigenvalue weighted by Crippen LogP contribution is 2.26. The Hall–Kier alpha value is -2.61. The van der Waals surface area contributed by atoms with Crippen LogP contribution in [0.25, 0.3) is 17.0 Å². The third-order valence-corrected chi connectivity index (χ3v) is 4.85. The van der Waals surface area contributed by atoms with Crippen molar-refractivity contribution in [2.45, 2.75) is 30.5 Å². The first kappa shape index (κ1) is 17.2. The zero-order valence-corrected chi connectivity index (χ0v) is 14.7. The number of benzene rings is 1. The molecule has 0 radical (unpaired) electrons. The Morgan fingerprint density at radius 2 is 1.96 bits per heavy atom. The van der Waals surface area contributed by atoms with Crippen molar-refractivity contribution < 1.29 is 14.6 Å². The molecule has 0 spiro atoms. The van der Waals surface area contributed by atoms with E-state index in [1.807, 2.05) is 38.1 Å². The molecule has 0 saturated heterocycles. The Morgan fingerprint density at radius 1 is 1.20 bits per heavy atom. The van der Waals surface area contributed by atoms with Crippen molar-refractivity contribution in [1.29, 1.82) is 0 Å². The summed E-state index contributed by atoms with van der Waals surface area (Å²) >= 11 is 1.22. The highest BCUT2D eigenvalue weighted by Gasteiger charge is 2.18. The molecule has 130 valence electrons. The maximum absolute atomic E-state index is 11.2. The van der Waals surface area contributed by atoms with Gasteiger partial charge in [-0.3, -0.25) is 4.79 Å². The second-order valence-electron chi connectivity index (χ2n) is 5.28. The van der Waals surface area contributed by atoms with E-state index in [-0.39, 0.29) is 0 Å². The van der Waals surface area contributed by atoms with E-state index in [0.717, 1.165) is 11.3 Å². The van der Waals surface area contributed by atoms with Crippen LogP contribution in [0, 0.1) is 0 Å². The van der Waals surface area contributed by atoms with Crippen LogP contribution in [-0.4, -0.2) is 42.7 Å². The lowest BCUT2D eigenvalue weighted by Crippen LogP contribution is -2.15. The number of ether oxygens (including phenoxy) is 1. The molecule has 1 N–H and O–H groups in total. The van der Waals surface area contributed by atoms with E-state index in [1.165, 1.54) is 11.8 Å². The van der Waals surface area contributed by atoms with Gasteiger partial charge in [-0.1, -0.05) is 18.7 Å². The van der Waals surface area contributed by atoms with Crippen LogP contribution in [0.4, 0.5) is 0 Å². The number of carboxylic acid groups (broad SMARTS) is 1. The van der Waals surface area contributed by atoms with Gasteiger partial charge in [0.05, 0.1) is 6.61 Å². The van der Waals surface area contributed by atoms with Crippen molar-refractivity contribution in [2.75, 3.05) is 6.61 Å². The topological polar surface area (TPSA) is 89.6 Å². The lowest BCUT2D eigenvalue weighted by Gasteiger charge is -2.09. The van der Waals surface area contributed by atoms with Gasteiger partial charge >= 0.3 is 5.97 Å². The fourth-order valence-corrected chi connectivity index (χ4v) is 3.17. The quantitative estimate of drug-likeness (QED) is 0.649. The van der Waals surface area contributed by atoms with E-state index in [0.29, 0.717) is 29.5 Å². The summed E-state index contributed by atoms with van der Waals surface area (Å²) in [5.74, 6) is 0.547. The number of hydrogen-bond acceptors (Lipinski definition) is 6. The number of aromatic nitrogens is 4. The van der Waals surface area contributed by atoms with Crippen LogP contribution >= 0.6 is 11.8 Å². The highest BCUT2D eigenvalue weighted by molar-refractivity contribution is 8.00. The fraction of sp³-hybridized carbons (Fsp3) is 0.294. The molecule has 0 fully saturated rings. The molecule has 1 aromatic carbocycles. The summed E-state index contributed by atoms with van der Waals surface area (Å²) < 4.78 is 7.08. The van der Waals surface area contributed by atoms with E-state index in [2.05, 4.69) is 15.3 Å². The summed E-state index contributed by atoms with van der Waals surface area (Å²) in [6.45, 7) is 4.38. The van der Waals surface area contributed by atoms with Crippen LogP contribution in [0.2, 0.25) is 0 Å². The minimum absolute atomic E-state index is 0.521. The van der Waals surface area contributed by atoms with E-state index in [1.54, 1.807) is 16.6 Å². The number of carboxylic acids is 1. The fourth-order valence-electron chi connectivity index (χ4n) is 2.34. The van der Waals surface area contributed by atoms with Gasteiger partial charge in [0.2, 0.25) is 0 Å². The first-order valence-corrected chi connectivity index (χ1v) is 8.85. The Balaban J connectivity index is 1.94. The molecular formula is C17H18N4O3S. The summed E-state index contributed by atoms with van der Waals surface area (Å²) in [6, 6.07) is 11.1. The molecule has 2 heterocycles. The number of aliphatic carboxylic acids is 1. The zero-order valence-electron chi connectivity index (χ0n) is 13.9. The second kappa shape index (κ2) is 7.52. The predicted octanol–water partition coefficient (Wildman–Crippen LogP) is 3.15. The molecule has 25 heavy (non-hydrogen) atoms. The molecule has 3 aromatic rings. The van der Waals surface area contributed by atoms with Crippen molar-refractivity contribution in [3.05, 3.63) is 36.4 Å². The largest absolute Gasteiger partial charge is 0.494 e. The van der Waals surface area contributed by atoms with Gasteiger partial charge in [0.15, 0.2) is 11.5 Å². The molecular weight excluding hydrogens is 340 g/mol. The molecule has 1 unspecified atom stereocenters. The first-order chi connectivity index (χ1) is 12.1. The summed E-state index contributed by atoms with van der Waals surface area (Å²) in [5.41, 5.74) is 1.47. The molecule has 0 aliphatic rings. The molecule has 0 aliphatic heterocycles. The number of hydrogen-bond donors (Lipinski definition) is 1. The first-order valence-electron chi connectivity index (χ1n) is 7.97. The minimum Gasteiger partial charge on any atom is -0.494 e. The Bertz CT molecular complexity index is 879. The maximum Gasteiger partial charge on any atom is 0.317 e.